The summed E-state index contributed by atoms with van der Waals surface area (Å²) in [6, 6.07) is 64.9. The lowest BCUT2D eigenvalue weighted by Crippen LogP contribution is -2.31. The van der Waals surface area contributed by atoms with Gasteiger partial charge >= 0.3 is 0 Å². The lowest BCUT2D eigenvalue weighted by atomic mass is 9.67. The summed E-state index contributed by atoms with van der Waals surface area (Å²) in [5.74, 6) is -7.26. The van der Waals surface area contributed by atoms with Crippen molar-refractivity contribution < 1.29 is 40.2 Å². The number of benzene rings is 11. The van der Waals surface area contributed by atoms with Crippen LogP contribution in [0.1, 0.15) is 55.6 Å². The molecule has 2 aliphatic carbocycles. The minimum atomic E-state index is -1.64. The molecule has 11 aromatic rings. The Morgan fingerprint density at radius 1 is 0.317 bits per heavy atom. The first kappa shape index (κ1) is 51.3. The highest BCUT2D eigenvalue weighted by atomic mass is 19.2. The number of fused-ring (bicyclic) bond motifs is 6. The standard InChI is InChI=1S/C72H44F7NO2/c1-3-43-13-27-51(28-14-43)81-53-31-17-45(18-32-53)71(61-37-39-65(74)69(78)67(61)76)59-11-7-5-9-55(59)57-35-25-49(41-63(57)71)80(48-23-21-47(73)22-24-48)50-26-36-58-56-10-6-8-12-60(56)72(64(58)42-50,62-38-40-66(75)70(79)68(62)77)46-19-33-54(34-20-46)82-52-29-15-44(4-2)16-30-52/h3-42H,1-2H2. The second-order valence-corrected chi connectivity index (χ2v) is 20.1. The Kier molecular flexibility index (Phi) is 12.6. The van der Waals surface area contributed by atoms with Gasteiger partial charge in [-0.2, -0.15) is 0 Å². The number of ether oxygens (including phenoxy) is 2. The van der Waals surface area contributed by atoms with Crippen LogP contribution in [0.3, 0.4) is 0 Å². The van der Waals surface area contributed by atoms with E-state index in [0.717, 1.165) is 23.3 Å². The van der Waals surface area contributed by atoms with Crippen LogP contribution >= 0.6 is 0 Å². The molecular formula is C72H44F7NO2. The zero-order valence-electron chi connectivity index (χ0n) is 43.4. The Morgan fingerprint density at radius 3 is 1.06 bits per heavy atom. The molecule has 10 heteroatoms. The molecule has 0 aliphatic heterocycles. The predicted octanol–water partition coefficient (Wildman–Crippen LogP) is 19.7. The summed E-state index contributed by atoms with van der Waals surface area (Å²) >= 11 is 0. The normalized spacial score (nSPS) is 15.5. The zero-order chi connectivity index (χ0) is 56.4. The van der Waals surface area contributed by atoms with Crippen molar-refractivity contribution in [2.75, 3.05) is 4.90 Å². The van der Waals surface area contributed by atoms with Crippen LogP contribution in [0, 0.1) is 40.7 Å². The van der Waals surface area contributed by atoms with E-state index in [4.69, 9.17) is 9.47 Å². The molecule has 0 amide bonds. The van der Waals surface area contributed by atoms with E-state index in [1.54, 1.807) is 109 Å². The Balaban J connectivity index is 1.03. The molecule has 0 radical (unpaired) electrons. The van der Waals surface area contributed by atoms with Gasteiger partial charge in [-0.05, 0) is 176 Å². The quantitative estimate of drug-likeness (QED) is 0.0848. The molecule has 0 spiro atoms. The molecule has 398 valence electrons. The number of hydrogen-bond donors (Lipinski definition) is 0. The van der Waals surface area contributed by atoms with Crippen LogP contribution in [0.15, 0.2) is 244 Å². The first-order valence-corrected chi connectivity index (χ1v) is 26.3. The lowest BCUT2D eigenvalue weighted by molar-refractivity contribution is 0.435. The van der Waals surface area contributed by atoms with Gasteiger partial charge in [-0.15, -0.1) is 0 Å². The van der Waals surface area contributed by atoms with Gasteiger partial charge in [0.1, 0.15) is 28.8 Å². The van der Waals surface area contributed by atoms with E-state index in [9.17, 15) is 0 Å². The highest BCUT2D eigenvalue weighted by Gasteiger charge is 2.51. The van der Waals surface area contributed by atoms with Gasteiger partial charge < -0.3 is 14.4 Å². The zero-order valence-corrected chi connectivity index (χ0v) is 43.4. The van der Waals surface area contributed by atoms with Crippen LogP contribution in [0.4, 0.5) is 47.8 Å². The minimum Gasteiger partial charge on any atom is -0.457 e. The Hall–Kier alpha value is -10.2. The summed E-state index contributed by atoms with van der Waals surface area (Å²) in [7, 11) is 0. The van der Waals surface area contributed by atoms with Gasteiger partial charge in [0.05, 0.1) is 10.8 Å². The molecule has 2 aliphatic rings. The third-order valence-corrected chi connectivity index (χ3v) is 15.8. The van der Waals surface area contributed by atoms with Crippen molar-refractivity contribution in [2.24, 2.45) is 0 Å². The maximum Gasteiger partial charge on any atom is 0.194 e. The second-order valence-electron chi connectivity index (χ2n) is 20.1. The van der Waals surface area contributed by atoms with Crippen molar-refractivity contribution >= 4 is 29.2 Å². The van der Waals surface area contributed by atoms with Gasteiger partial charge in [-0.1, -0.05) is 147 Å². The van der Waals surface area contributed by atoms with Crippen LogP contribution in [0.25, 0.3) is 34.4 Å². The van der Waals surface area contributed by atoms with Gasteiger partial charge in [0.15, 0.2) is 34.9 Å². The van der Waals surface area contributed by atoms with Gasteiger partial charge in [0, 0.05) is 28.2 Å². The molecule has 11 aromatic carbocycles. The Morgan fingerprint density at radius 2 is 0.671 bits per heavy atom. The third-order valence-electron chi connectivity index (χ3n) is 15.8. The largest absolute Gasteiger partial charge is 0.457 e. The van der Waals surface area contributed by atoms with Crippen molar-refractivity contribution in [1.82, 2.24) is 0 Å². The van der Waals surface area contributed by atoms with Crippen LogP contribution in [-0.2, 0) is 10.8 Å². The maximum absolute atomic E-state index is 17.1. The van der Waals surface area contributed by atoms with Crippen molar-refractivity contribution in [3.05, 3.63) is 340 Å². The van der Waals surface area contributed by atoms with E-state index >= 15 is 30.7 Å². The molecule has 2 atom stereocenters. The summed E-state index contributed by atoms with van der Waals surface area (Å²) in [6.07, 6.45) is 3.44. The molecule has 2 unspecified atom stereocenters. The molecule has 82 heavy (non-hydrogen) atoms. The Bertz CT molecular complexity index is 4080. The number of anilines is 3. The minimum absolute atomic E-state index is 0.160. The molecule has 0 fully saturated rings. The molecular weight excluding hydrogens is 1040 g/mol. The van der Waals surface area contributed by atoms with E-state index in [1.807, 2.05) is 102 Å². The number of hydrogen-bond acceptors (Lipinski definition) is 3. The molecule has 0 aromatic heterocycles. The molecule has 13 rings (SSSR count). The molecule has 0 bridgehead atoms. The molecule has 0 N–H and O–H groups in total. The predicted molar refractivity (Wildman–Crippen MR) is 309 cm³/mol. The topological polar surface area (TPSA) is 21.7 Å². The number of nitrogens with zero attached hydrogens (tertiary/aromatic N) is 1. The molecule has 0 heterocycles. The molecule has 0 saturated heterocycles. The monoisotopic (exact) mass is 1090 g/mol. The fourth-order valence-electron chi connectivity index (χ4n) is 12.2. The van der Waals surface area contributed by atoms with Crippen LogP contribution in [0.5, 0.6) is 23.0 Å². The van der Waals surface area contributed by atoms with Crippen LogP contribution in [0.2, 0.25) is 0 Å². The first-order chi connectivity index (χ1) is 39.9. The van der Waals surface area contributed by atoms with E-state index in [-0.39, 0.29) is 11.1 Å². The number of rotatable bonds is 13. The maximum atomic E-state index is 17.1. The van der Waals surface area contributed by atoms with Crippen molar-refractivity contribution in [1.29, 1.82) is 0 Å². The van der Waals surface area contributed by atoms with E-state index in [1.165, 1.54) is 24.3 Å². The summed E-state index contributed by atoms with van der Waals surface area (Å²) in [5, 5.41) is 0. The van der Waals surface area contributed by atoms with Crippen molar-refractivity contribution in [2.45, 2.75) is 10.8 Å². The SMILES string of the molecule is C=Cc1ccc(Oc2ccc(C3(c4ccc(F)c(F)c4F)c4ccccc4-c4ccc(N(c5ccc(F)cc5)c5ccc6c(c5)C(c5ccc(Oc7ccc(C=C)cc7)cc5)(c5ccc(F)c(F)c5F)c5ccccc5-6)cc43)cc2)cc1. The average Bonchev–Trinajstić information content (AvgIpc) is 2.27. The van der Waals surface area contributed by atoms with Gasteiger partial charge in [0.2, 0.25) is 0 Å². The average molecular weight is 1090 g/mol. The van der Waals surface area contributed by atoms with Crippen LogP contribution < -0.4 is 14.4 Å². The van der Waals surface area contributed by atoms with Crippen molar-refractivity contribution in [3.8, 4) is 45.3 Å². The summed E-state index contributed by atoms with van der Waals surface area (Å²) < 4.78 is 124. The highest BCUT2D eigenvalue weighted by molar-refractivity contribution is 5.92. The van der Waals surface area contributed by atoms with Crippen molar-refractivity contribution in [3.63, 3.8) is 0 Å². The van der Waals surface area contributed by atoms with Gasteiger partial charge in [-0.3, -0.25) is 0 Å². The summed E-state index contributed by atoms with van der Waals surface area (Å²) in [4.78, 5) is 1.86. The number of halogens is 7. The fraction of sp³-hybridized carbons (Fsp3) is 0.0278. The summed E-state index contributed by atoms with van der Waals surface area (Å²) in [6.45, 7) is 7.65. The fourth-order valence-corrected chi connectivity index (χ4v) is 12.2. The lowest BCUT2D eigenvalue weighted by Gasteiger charge is -2.36. The van der Waals surface area contributed by atoms with Crippen LogP contribution in [-0.4, -0.2) is 0 Å². The first-order valence-electron chi connectivity index (χ1n) is 26.3. The summed E-state index contributed by atoms with van der Waals surface area (Å²) in [5.41, 5.74) is 5.55. The smallest absolute Gasteiger partial charge is 0.194 e. The Labute approximate surface area is 468 Å². The molecule has 3 nitrogen and oxygen atoms in total. The second kappa shape index (κ2) is 20.2. The van der Waals surface area contributed by atoms with E-state index in [2.05, 4.69) is 13.2 Å². The third kappa shape index (κ3) is 8.12. The van der Waals surface area contributed by atoms with Gasteiger partial charge in [0.25, 0.3) is 0 Å². The van der Waals surface area contributed by atoms with E-state index < -0.39 is 51.6 Å². The highest BCUT2D eigenvalue weighted by Crippen LogP contribution is 2.60. The molecule has 0 saturated carbocycles. The van der Waals surface area contributed by atoms with Gasteiger partial charge in [-0.25, -0.2) is 30.7 Å². The van der Waals surface area contributed by atoms with E-state index in [0.29, 0.717) is 95.7 Å².